The van der Waals surface area contributed by atoms with Gasteiger partial charge < -0.3 is 10.2 Å². The molecule has 2 aromatic rings. The Morgan fingerprint density at radius 2 is 1.95 bits per heavy atom. The van der Waals surface area contributed by atoms with Crippen LogP contribution in [0.3, 0.4) is 0 Å². The third kappa shape index (κ3) is 3.00. The predicted octanol–water partition coefficient (Wildman–Crippen LogP) is 2.49. The summed E-state index contributed by atoms with van der Waals surface area (Å²) in [5.74, 6) is 0.102. The van der Waals surface area contributed by atoms with Crippen molar-refractivity contribution >= 4 is 11.5 Å². The van der Waals surface area contributed by atoms with Crippen molar-refractivity contribution in [2.24, 2.45) is 5.84 Å². The van der Waals surface area contributed by atoms with Gasteiger partial charge in [-0.15, -0.1) is 0 Å². The van der Waals surface area contributed by atoms with E-state index in [-0.39, 0.29) is 0 Å². The Labute approximate surface area is 115 Å². The Balaban J connectivity index is 2.45. The number of aromatic nitrogens is 1. The van der Waals surface area contributed by atoms with Gasteiger partial charge in [-0.2, -0.15) is 4.98 Å². The number of anilines is 1. The Morgan fingerprint density at radius 3 is 2.57 bits per heavy atom. The van der Waals surface area contributed by atoms with Crippen LogP contribution < -0.4 is 16.0 Å². The number of hydrogen-bond acceptors (Lipinski definition) is 6. The van der Waals surface area contributed by atoms with Gasteiger partial charge in [0.1, 0.15) is 5.82 Å². The average Bonchev–Trinajstić information content (AvgIpc) is 2.43. The third-order valence-corrected chi connectivity index (χ3v) is 2.36. The molecule has 0 bridgehead atoms. The average molecular weight is 300 g/mol. The van der Waals surface area contributed by atoms with Gasteiger partial charge in [-0.25, -0.2) is 19.0 Å². The predicted molar refractivity (Wildman–Crippen MR) is 65.1 cm³/mol. The van der Waals surface area contributed by atoms with Gasteiger partial charge in [0.2, 0.25) is 5.75 Å². The number of ether oxygens (including phenoxy) is 1. The van der Waals surface area contributed by atoms with E-state index in [4.69, 9.17) is 10.6 Å². The Kier molecular flexibility index (Phi) is 3.89. The van der Waals surface area contributed by atoms with Crippen LogP contribution in [0.15, 0.2) is 24.3 Å². The molecule has 0 aliphatic rings. The van der Waals surface area contributed by atoms with Gasteiger partial charge in [-0.05, 0) is 12.1 Å². The molecular weight excluding hydrogens is 293 g/mol. The van der Waals surface area contributed by atoms with E-state index >= 15 is 0 Å². The number of pyridine rings is 1. The molecule has 0 amide bonds. The van der Waals surface area contributed by atoms with Crippen LogP contribution >= 0.6 is 0 Å². The van der Waals surface area contributed by atoms with Crippen molar-refractivity contribution in [3.63, 3.8) is 0 Å². The first-order chi connectivity index (χ1) is 9.92. The molecule has 1 aromatic heterocycles. The standard InChI is InChI=1S/C11H7F3N4O3/c12-5-1-2-9(8(3-5)18(19)20)21-11-7(14)4-6(13)10(16-11)17-15/h1-4H,15H2,(H,16,17). The van der Waals surface area contributed by atoms with Crippen molar-refractivity contribution in [3.8, 4) is 11.6 Å². The van der Waals surface area contributed by atoms with Crippen molar-refractivity contribution in [3.05, 3.63) is 51.8 Å². The van der Waals surface area contributed by atoms with Gasteiger partial charge in [-0.1, -0.05) is 0 Å². The van der Waals surface area contributed by atoms with Gasteiger partial charge in [-0.3, -0.25) is 10.1 Å². The van der Waals surface area contributed by atoms with Crippen LogP contribution in [0.4, 0.5) is 24.7 Å². The molecule has 0 saturated heterocycles. The van der Waals surface area contributed by atoms with Crippen molar-refractivity contribution < 1.29 is 22.8 Å². The zero-order chi connectivity index (χ0) is 15.6. The normalized spacial score (nSPS) is 10.3. The Bertz CT molecular complexity index is 711. The van der Waals surface area contributed by atoms with Gasteiger partial charge in [0, 0.05) is 6.07 Å². The summed E-state index contributed by atoms with van der Waals surface area (Å²) < 4.78 is 44.6. The first-order valence-corrected chi connectivity index (χ1v) is 5.37. The smallest absolute Gasteiger partial charge is 0.314 e. The molecule has 0 atom stereocenters. The van der Waals surface area contributed by atoms with Crippen LogP contribution in [0.2, 0.25) is 0 Å². The van der Waals surface area contributed by atoms with E-state index in [1.165, 1.54) is 0 Å². The minimum Gasteiger partial charge on any atom is -0.429 e. The summed E-state index contributed by atoms with van der Waals surface area (Å²) in [6, 6.07) is 2.84. The molecule has 110 valence electrons. The molecular formula is C11H7F3N4O3. The second-order valence-electron chi connectivity index (χ2n) is 3.72. The number of nitro benzene ring substituents is 1. The first kappa shape index (κ1) is 14.5. The first-order valence-electron chi connectivity index (χ1n) is 5.37. The summed E-state index contributed by atoms with van der Waals surface area (Å²) in [5.41, 5.74) is 1.13. The van der Waals surface area contributed by atoms with E-state index in [0.29, 0.717) is 12.1 Å². The molecule has 2 rings (SSSR count). The molecule has 10 heteroatoms. The minimum absolute atomic E-state index is 0.437. The van der Waals surface area contributed by atoms with E-state index in [2.05, 4.69) is 4.98 Å². The molecule has 0 unspecified atom stereocenters. The van der Waals surface area contributed by atoms with Crippen LogP contribution in [-0.2, 0) is 0 Å². The van der Waals surface area contributed by atoms with Gasteiger partial charge in [0.15, 0.2) is 17.5 Å². The van der Waals surface area contributed by atoms with Crippen LogP contribution in [0.5, 0.6) is 11.6 Å². The summed E-state index contributed by atoms with van der Waals surface area (Å²) in [7, 11) is 0. The number of nitrogens with one attached hydrogen (secondary N) is 1. The number of nitrogen functional groups attached to an aromatic ring is 1. The van der Waals surface area contributed by atoms with Crippen LogP contribution in [0, 0.1) is 27.6 Å². The fourth-order valence-electron chi connectivity index (χ4n) is 1.45. The molecule has 0 radical (unpaired) electrons. The Hall–Kier alpha value is -2.88. The maximum atomic E-state index is 13.5. The molecule has 3 N–H and O–H groups in total. The fraction of sp³-hybridized carbons (Fsp3) is 0. The molecule has 1 heterocycles. The maximum absolute atomic E-state index is 13.5. The molecule has 0 saturated carbocycles. The highest BCUT2D eigenvalue weighted by molar-refractivity contribution is 5.49. The largest absolute Gasteiger partial charge is 0.429 e. The van der Waals surface area contributed by atoms with Gasteiger partial charge >= 0.3 is 5.69 Å². The summed E-state index contributed by atoms with van der Waals surface area (Å²) >= 11 is 0. The maximum Gasteiger partial charge on any atom is 0.314 e. The van der Waals surface area contributed by atoms with Crippen molar-refractivity contribution in [1.82, 2.24) is 4.98 Å². The lowest BCUT2D eigenvalue weighted by Gasteiger charge is -2.08. The number of rotatable bonds is 4. The van der Waals surface area contributed by atoms with Gasteiger partial charge in [0.25, 0.3) is 5.88 Å². The van der Waals surface area contributed by atoms with E-state index in [1.807, 2.05) is 5.43 Å². The number of nitro groups is 1. The fourth-order valence-corrected chi connectivity index (χ4v) is 1.45. The number of benzene rings is 1. The summed E-state index contributed by atoms with van der Waals surface area (Å²) in [6.07, 6.45) is 0. The second kappa shape index (κ2) is 5.63. The quantitative estimate of drug-likeness (QED) is 0.511. The van der Waals surface area contributed by atoms with Crippen LogP contribution in [-0.4, -0.2) is 9.91 Å². The van der Waals surface area contributed by atoms with Crippen molar-refractivity contribution in [2.75, 3.05) is 5.43 Å². The van der Waals surface area contributed by atoms with E-state index in [9.17, 15) is 23.3 Å². The van der Waals surface area contributed by atoms with Gasteiger partial charge in [0.05, 0.1) is 11.0 Å². The minimum atomic E-state index is -1.20. The lowest BCUT2D eigenvalue weighted by Crippen LogP contribution is -2.11. The summed E-state index contributed by atoms with van der Waals surface area (Å²) in [5, 5.41) is 10.8. The molecule has 0 spiro atoms. The van der Waals surface area contributed by atoms with Crippen molar-refractivity contribution in [2.45, 2.75) is 0 Å². The lowest BCUT2D eigenvalue weighted by atomic mass is 10.3. The number of halogens is 3. The van der Waals surface area contributed by atoms with E-state index in [0.717, 1.165) is 12.1 Å². The molecule has 7 nitrogen and oxygen atoms in total. The molecule has 1 aromatic carbocycles. The topological polar surface area (TPSA) is 103 Å². The molecule has 21 heavy (non-hydrogen) atoms. The van der Waals surface area contributed by atoms with Crippen LogP contribution in [0.25, 0.3) is 0 Å². The lowest BCUT2D eigenvalue weighted by molar-refractivity contribution is -0.385. The summed E-state index contributed by atoms with van der Waals surface area (Å²) in [4.78, 5) is 13.2. The zero-order valence-corrected chi connectivity index (χ0v) is 10.1. The van der Waals surface area contributed by atoms with E-state index < -0.39 is 45.5 Å². The Morgan fingerprint density at radius 1 is 1.24 bits per heavy atom. The highest BCUT2D eigenvalue weighted by Gasteiger charge is 2.20. The summed E-state index contributed by atoms with van der Waals surface area (Å²) in [6.45, 7) is 0. The number of nitrogens with zero attached hydrogens (tertiary/aromatic N) is 2. The molecule has 0 aliphatic carbocycles. The van der Waals surface area contributed by atoms with Crippen LogP contribution in [0.1, 0.15) is 0 Å². The third-order valence-electron chi connectivity index (χ3n) is 2.36. The number of hydrogen-bond donors (Lipinski definition) is 2. The van der Waals surface area contributed by atoms with E-state index in [1.54, 1.807) is 0 Å². The number of nitrogens with two attached hydrogens (primary N) is 1. The zero-order valence-electron chi connectivity index (χ0n) is 10.1. The monoisotopic (exact) mass is 300 g/mol. The second-order valence-corrected chi connectivity index (χ2v) is 3.72. The molecule has 0 aliphatic heterocycles. The van der Waals surface area contributed by atoms with Crippen molar-refractivity contribution in [1.29, 1.82) is 0 Å². The molecule has 0 fully saturated rings. The highest BCUT2D eigenvalue weighted by atomic mass is 19.1. The highest BCUT2D eigenvalue weighted by Crippen LogP contribution is 2.33. The SMILES string of the molecule is NNc1nc(Oc2ccc(F)cc2[N+](=O)[O-])c(F)cc1F. The number of hydrazine groups is 1.